The second-order valence-corrected chi connectivity index (χ2v) is 9.28. The van der Waals surface area contributed by atoms with Crippen LogP contribution in [0, 0.1) is 5.82 Å². The van der Waals surface area contributed by atoms with Crippen molar-refractivity contribution in [1.82, 2.24) is 29.8 Å². The van der Waals surface area contributed by atoms with Crippen molar-refractivity contribution in [3.63, 3.8) is 0 Å². The molecule has 6 rings (SSSR count). The molecule has 1 N–H and O–H groups in total. The smallest absolute Gasteiger partial charge is 0.258 e. The summed E-state index contributed by atoms with van der Waals surface area (Å²) < 4.78 is 15.2. The van der Waals surface area contributed by atoms with E-state index in [2.05, 4.69) is 20.2 Å². The normalized spacial score (nSPS) is 18.5. The highest BCUT2D eigenvalue weighted by Crippen LogP contribution is 2.23. The summed E-state index contributed by atoms with van der Waals surface area (Å²) in [5.41, 5.74) is 2.28. The van der Waals surface area contributed by atoms with E-state index >= 15 is 0 Å². The molecule has 0 radical (unpaired) electrons. The Labute approximate surface area is 201 Å². The zero-order valence-electron chi connectivity index (χ0n) is 19.2. The van der Waals surface area contributed by atoms with E-state index < -0.39 is 0 Å². The molecule has 9 heteroatoms. The number of amides is 1. The van der Waals surface area contributed by atoms with Gasteiger partial charge in [0.2, 0.25) is 0 Å². The van der Waals surface area contributed by atoms with Gasteiger partial charge in [0, 0.05) is 35.6 Å². The molecule has 1 unspecified atom stereocenters. The Hall–Kier alpha value is -3.85. The Bertz CT molecular complexity index is 1450. The number of hydrogen-bond donors (Lipinski definition) is 1. The molecule has 8 nitrogen and oxygen atoms in total. The molecule has 0 saturated carbocycles. The quantitative estimate of drug-likeness (QED) is 0.493. The number of aromatic nitrogens is 4. The Morgan fingerprint density at radius 2 is 1.83 bits per heavy atom. The fourth-order valence-corrected chi connectivity index (χ4v) is 5.15. The van der Waals surface area contributed by atoms with Crippen molar-refractivity contribution >= 4 is 16.8 Å². The van der Waals surface area contributed by atoms with Crippen molar-refractivity contribution in [2.45, 2.75) is 25.3 Å². The van der Waals surface area contributed by atoms with Crippen molar-refractivity contribution in [3.05, 3.63) is 76.5 Å². The largest absolute Gasteiger partial charge is 0.337 e. The first-order valence-electron chi connectivity index (χ1n) is 11.9. The third-order valence-electron chi connectivity index (χ3n) is 7.06. The van der Waals surface area contributed by atoms with Crippen LogP contribution in [0.4, 0.5) is 4.39 Å². The van der Waals surface area contributed by atoms with E-state index in [1.165, 1.54) is 31.0 Å². The minimum atomic E-state index is -0.380. The summed E-state index contributed by atoms with van der Waals surface area (Å²) in [6.45, 7) is 3.86. The summed E-state index contributed by atoms with van der Waals surface area (Å²) in [5, 5.41) is 8.86. The van der Waals surface area contributed by atoms with Crippen LogP contribution in [0.15, 0.2) is 59.5 Å². The number of aromatic amines is 1. The van der Waals surface area contributed by atoms with Crippen molar-refractivity contribution in [3.8, 4) is 16.9 Å². The molecule has 0 aliphatic carbocycles. The first-order chi connectivity index (χ1) is 17.0. The van der Waals surface area contributed by atoms with Gasteiger partial charge in [0.25, 0.3) is 11.5 Å². The molecule has 2 aliphatic heterocycles. The summed E-state index contributed by atoms with van der Waals surface area (Å²) >= 11 is 0. The van der Waals surface area contributed by atoms with E-state index in [4.69, 9.17) is 0 Å². The van der Waals surface area contributed by atoms with E-state index in [1.807, 2.05) is 17.0 Å². The molecule has 1 atom stereocenters. The first-order valence-corrected chi connectivity index (χ1v) is 11.9. The topological polar surface area (TPSA) is 87.1 Å². The number of fused-ring (bicyclic) bond motifs is 1. The summed E-state index contributed by atoms with van der Waals surface area (Å²) in [5.74, 6) is -0.332. The number of likely N-dealkylation sites (tertiary alicyclic amines) is 2. The third-order valence-corrected chi connectivity index (χ3v) is 7.06. The molecule has 4 aromatic rings. The standard InChI is InChI=1S/C26H25FN6O2/c27-19-5-8-23-18(13-19)14-22(25(34)28-23)24-16-33(30-29-24)20-6-3-17(4-7-20)26(35)32-12-9-21(15-32)31-10-1-2-11-31/h3-8,13-14,16,21H,1-2,9-12,15H2,(H,28,34). The van der Waals surface area contributed by atoms with Crippen LogP contribution in [-0.2, 0) is 0 Å². The van der Waals surface area contributed by atoms with E-state index in [-0.39, 0.29) is 17.3 Å². The molecule has 2 aromatic carbocycles. The average molecular weight is 473 g/mol. The lowest BCUT2D eigenvalue weighted by Gasteiger charge is -2.23. The van der Waals surface area contributed by atoms with Crippen LogP contribution >= 0.6 is 0 Å². The second kappa shape index (κ2) is 8.74. The maximum Gasteiger partial charge on any atom is 0.258 e. The Kier molecular flexibility index (Phi) is 5.41. The zero-order chi connectivity index (χ0) is 23.9. The van der Waals surface area contributed by atoms with E-state index in [0.717, 1.165) is 38.3 Å². The minimum Gasteiger partial charge on any atom is -0.337 e. The van der Waals surface area contributed by atoms with Gasteiger partial charge in [0.15, 0.2) is 0 Å². The highest BCUT2D eigenvalue weighted by Gasteiger charge is 2.31. The van der Waals surface area contributed by atoms with Gasteiger partial charge in [0.1, 0.15) is 11.5 Å². The van der Waals surface area contributed by atoms with Gasteiger partial charge < -0.3 is 9.88 Å². The SMILES string of the molecule is O=C(c1ccc(-n2cc(-c3cc4cc(F)ccc4[nH]c3=O)nn2)cc1)N1CCC(N2CCCC2)C1. The lowest BCUT2D eigenvalue weighted by molar-refractivity contribution is 0.0780. The molecule has 1 amide bonds. The van der Waals surface area contributed by atoms with Gasteiger partial charge in [-0.3, -0.25) is 14.5 Å². The summed E-state index contributed by atoms with van der Waals surface area (Å²) in [4.78, 5) is 32.8. The molecule has 35 heavy (non-hydrogen) atoms. The Balaban J connectivity index is 1.19. The van der Waals surface area contributed by atoms with Crippen molar-refractivity contribution in [2.75, 3.05) is 26.2 Å². The zero-order valence-corrected chi connectivity index (χ0v) is 19.2. The summed E-state index contributed by atoms with van der Waals surface area (Å²) in [6.07, 6.45) is 5.19. The van der Waals surface area contributed by atoms with Gasteiger partial charge in [-0.05, 0) is 80.9 Å². The number of halogens is 1. The fourth-order valence-electron chi connectivity index (χ4n) is 5.15. The molecule has 2 aromatic heterocycles. The monoisotopic (exact) mass is 472 g/mol. The predicted molar refractivity (Wildman–Crippen MR) is 130 cm³/mol. The number of H-pyrrole nitrogens is 1. The number of rotatable bonds is 4. The van der Waals surface area contributed by atoms with Gasteiger partial charge in [-0.15, -0.1) is 5.10 Å². The number of hydrogen-bond acceptors (Lipinski definition) is 5. The lowest BCUT2D eigenvalue weighted by Crippen LogP contribution is -2.37. The minimum absolute atomic E-state index is 0.0486. The Morgan fingerprint density at radius 3 is 2.63 bits per heavy atom. The first kappa shape index (κ1) is 21.7. The molecule has 4 heterocycles. The van der Waals surface area contributed by atoms with Crippen LogP contribution in [0.25, 0.3) is 27.8 Å². The molecule has 0 spiro atoms. The van der Waals surface area contributed by atoms with Crippen LogP contribution in [-0.4, -0.2) is 67.9 Å². The van der Waals surface area contributed by atoms with Crippen molar-refractivity contribution in [2.24, 2.45) is 0 Å². The Morgan fingerprint density at radius 1 is 1.03 bits per heavy atom. The number of carbonyl (C=O) groups excluding carboxylic acids is 1. The number of benzene rings is 2. The fraction of sp³-hybridized carbons (Fsp3) is 0.308. The van der Waals surface area contributed by atoms with Gasteiger partial charge >= 0.3 is 0 Å². The van der Waals surface area contributed by atoms with E-state index in [1.54, 1.807) is 29.1 Å². The van der Waals surface area contributed by atoms with E-state index in [0.29, 0.717) is 33.8 Å². The molecule has 0 bridgehead atoms. The third kappa shape index (κ3) is 4.12. The molecule has 2 fully saturated rings. The van der Waals surface area contributed by atoms with E-state index in [9.17, 15) is 14.0 Å². The van der Waals surface area contributed by atoms with Gasteiger partial charge in [0.05, 0.1) is 17.4 Å². The van der Waals surface area contributed by atoms with Crippen LogP contribution in [0.2, 0.25) is 0 Å². The van der Waals surface area contributed by atoms with Crippen LogP contribution in [0.1, 0.15) is 29.6 Å². The molecule has 2 aliphatic rings. The molecular weight excluding hydrogens is 447 g/mol. The molecular formula is C26H25FN6O2. The summed E-state index contributed by atoms with van der Waals surface area (Å²) in [7, 11) is 0. The van der Waals surface area contributed by atoms with Crippen LogP contribution < -0.4 is 5.56 Å². The highest BCUT2D eigenvalue weighted by molar-refractivity contribution is 5.94. The van der Waals surface area contributed by atoms with Crippen LogP contribution in [0.5, 0.6) is 0 Å². The van der Waals surface area contributed by atoms with Gasteiger partial charge in [-0.25, -0.2) is 9.07 Å². The highest BCUT2D eigenvalue weighted by atomic mass is 19.1. The summed E-state index contributed by atoms with van der Waals surface area (Å²) in [6, 6.07) is 13.5. The van der Waals surface area contributed by atoms with Crippen molar-refractivity contribution in [1.29, 1.82) is 0 Å². The van der Waals surface area contributed by atoms with Gasteiger partial charge in [-0.2, -0.15) is 0 Å². The maximum atomic E-state index is 13.6. The number of carbonyl (C=O) groups is 1. The number of nitrogens with zero attached hydrogens (tertiary/aromatic N) is 5. The van der Waals surface area contributed by atoms with Crippen molar-refractivity contribution < 1.29 is 9.18 Å². The maximum absolute atomic E-state index is 13.6. The average Bonchev–Trinajstić information content (AvgIpc) is 3.65. The number of pyridine rings is 1. The van der Waals surface area contributed by atoms with Gasteiger partial charge in [-0.1, -0.05) is 5.21 Å². The number of nitrogens with one attached hydrogen (secondary N) is 1. The van der Waals surface area contributed by atoms with Crippen LogP contribution in [0.3, 0.4) is 0 Å². The predicted octanol–water partition coefficient (Wildman–Crippen LogP) is 3.23. The second-order valence-electron chi connectivity index (χ2n) is 9.28. The lowest BCUT2D eigenvalue weighted by atomic mass is 10.1. The molecule has 178 valence electrons. The molecule has 2 saturated heterocycles.